The van der Waals surface area contributed by atoms with Gasteiger partial charge in [-0.2, -0.15) is 6.41 Å². The summed E-state index contributed by atoms with van der Waals surface area (Å²) >= 11 is 0. The van der Waals surface area contributed by atoms with Crippen molar-refractivity contribution < 1.29 is 28.7 Å². The standard InChI is InChI=1S/C30H44N5O6.Fm/c1-29(2,3)25(33-24(37)17-34(7)28(40)41-30(4,5)6)27(39)35-16-20(31-18-36)15-23(35)26(38)32-22-14-10-12-19-11-8-9-13-21(19)22;/h8-9,11,13,20,22-23,25H,10,12,14-17H2,1-7H3,(H,31,36)(H,32,38)(H,33,37);/q-1;/t20-,22?,23?,25?;/m0./s1. The number of aryl methyl sites for hydroxylation is 1. The van der Waals surface area contributed by atoms with Crippen molar-refractivity contribution in [2.24, 2.45) is 5.41 Å². The number of carbonyl (C=O) groups excluding carboxylic acids is 5. The number of benzene rings is 1. The maximum atomic E-state index is 14.0. The van der Waals surface area contributed by atoms with Gasteiger partial charge in [0.15, 0.2) is 0 Å². The van der Waals surface area contributed by atoms with Crippen LogP contribution in [0, 0.1) is 5.41 Å². The van der Waals surface area contributed by atoms with Crippen molar-refractivity contribution in [2.45, 2.75) is 97.0 Å². The average molecular weight is 828 g/mol. The monoisotopic (exact) mass is 827 g/mol. The molecule has 11 nitrogen and oxygen atoms in total. The van der Waals surface area contributed by atoms with Crippen molar-refractivity contribution in [1.29, 1.82) is 0 Å². The molecule has 1 aromatic carbocycles. The number of nitrogens with one attached hydrogen (secondary N) is 3. The largest absolute Gasteiger partial charge is 0.526 e. The van der Waals surface area contributed by atoms with Gasteiger partial charge in [-0.1, -0.05) is 45.0 Å². The van der Waals surface area contributed by atoms with Gasteiger partial charge < -0.3 is 35.3 Å². The second kappa shape index (κ2) is 13.4. The van der Waals surface area contributed by atoms with Gasteiger partial charge in [0.25, 0.3) is 0 Å². The van der Waals surface area contributed by atoms with Crippen LogP contribution < -0.4 is 16.0 Å². The van der Waals surface area contributed by atoms with E-state index >= 15 is 0 Å². The molecule has 1 aliphatic carbocycles. The Kier molecular flexibility index (Phi) is 10.7. The molecule has 1 heterocycles. The zero-order valence-electron chi connectivity index (χ0n) is 25.5. The molecule has 0 radical (unpaired) electrons. The van der Waals surface area contributed by atoms with Gasteiger partial charge in [0.2, 0.25) is 17.7 Å². The minimum atomic E-state index is -0.994. The Bertz CT molecular complexity index is 1150. The Morgan fingerprint density at radius 2 is 1.79 bits per heavy atom. The van der Waals surface area contributed by atoms with Gasteiger partial charge in [-0.25, -0.2) is 4.79 Å². The quantitative estimate of drug-likeness (QED) is 0.272. The van der Waals surface area contributed by atoms with Crippen LogP contribution >= 0.6 is 0 Å². The first-order valence-corrected chi connectivity index (χ1v) is 14.2. The number of rotatable bonds is 8. The van der Waals surface area contributed by atoms with Crippen LogP contribution in [-0.4, -0.2) is 83.9 Å². The van der Waals surface area contributed by atoms with Crippen LogP contribution in [0.25, 0.3) is 0 Å². The van der Waals surface area contributed by atoms with Gasteiger partial charge in [-0.3, -0.25) is 14.4 Å². The second-order valence-electron chi connectivity index (χ2n) is 13.0. The van der Waals surface area contributed by atoms with Gasteiger partial charge in [0.1, 0.15) is 24.2 Å². The molecule has 5 amide bonds. The molecule has 0 spiro atoms. The number of ether oxygens (including phenoxy) is 1. The fraction of sp³-hybridized carbons (Fsp3) is 0.633. The van der Waals surface area contributed by atoms with E-state index in [2.05, 4.69) is 22.0 Å². The number of likely N-dealkylation sites (tertiary alicyclic amines) is 1. The third-order valence-corrected chi connectivity index (χ3v) is 7.34. The number of hydrogen-bond donors (Lipinski definition) is 3. The second-order valence-corrected chi connectivity index (χ2v) is 13.0. The number of carbonyl (C=O) groups is 4. The van der Waals surface area contributed by atoms with Gasteiger partial charge >= 0.3 is 6.09 Å². The topological polar surface area (TPSA) is 137 Å². The molecule has 3 unspecified atom stereocenters. The first-order valence-electron chi connectivity index (χ1n) is 14.2. The van der Waals surface area contributed by atoms with E-state index in [0.717, 1.165) is 29.7 Å². The summed E-state index contributed by atoms with van der Waals surface area (Å²) in [6.45, 7) is 10.4. The van der Waals surface area contributed by atoms with Crippen LogP contribution in [0.5, 0.6) is 0 Å². The maximum Gasteiger partial charge on any atom is 0.410 e. The van der Waals surface area contributed by atoms with E-state index in [0.29, 0.717) is 0 Å². The minimum Gasteiger partial charge on any atom is -0.526 e. The van der Waals surface area contributed by atoms with Crippen molar-refractivity contribution in [3.63, 3.8) is 0 Å². The van der Waals surface area contributed by atoms with E-state index in [1.54, 1.807) is 27.2 Å². The molecular formula is C30H44FmN5O6-. The summed E-state index contributed by atoms with van der Waals surface area (Å²) in [5.41, 5.74) is 0.835. The van der Waals surface area contributed by atoms with Crippen molar-refractivity contribution >= 4 is 30.2 Å². The molecule has 1 aliphatic heterocycles. The van der Waals surface area contributed by atoms with Gasteiger partial charge in [-0.05, 0) is 63.0 Å². The molecule has 12 heteroatoms. The van der Waals surface area contributed by atoms with Crippen LogP contribution in [-0.2, 0) is 30.3 Å². The molecule has 3 N–H and O–H groups in total. The Hall–Kier alpha value is -4.63. The van der Waals surface area contributed by atoms with Crippen LogP contribution in [0.1, 0.15) is 78.0 Å². The van der Waals surface area contributed by atoms with Crippen LogP contribution in [0.3, 0.4) is 0 Å². The van der Waals surface area contributed by atoms with Crippen molar-refractivity contribution in [1.82, 2.24) is 25.8 Å². The predicted molar refractivity (Wildman–Crippen MR) is 153 cm³/mol. The zero-order chi connectivity index (χ0) is 30.5. The molecule has 3 rings (SSSR count). The van der Waals surface area contributed by atoms with Crippen molar-refractivity contribution in [3.8, 4) is 0 Å². The minimum absolute atomic E-state index is 0. The SMILES string of the molecule is CN(CC(=O)NC(C(=O)N1C[C@@H](N[C-]=O)CC1C(=O)NC1CCCc2ccccc21)C(C)(C)C)C(=O)OC(C)(C)C.[Fm]. The van der Waals surface area contributed by atoms with Crippen molar-refractivity contribution in [3.05, 3.63) is 35.4 Å². The number of fused-ring (bicyclic) bond motifs is 1. The van der Waals surface area contributed by atoms with Crippen LogP contribution in [0.2, 0.25) is 0 Å². The third-order valence-electron chi connectivity index (χ3n) is 7.34. The number of amides is 5. The molecule has 1 aromatic rings. The van der Waals surface area contributed by atoms with E-state index in [4.69, 9.17) is 4.74 Å². The molecule has 42 heavy (non-hydrogen) atoms. The fourth-order valence-electron chi connectivity index (χ4n) is 5.33. The maximum absolute atomic E-state index is 14.0. The Labute approximate surface area is 242 Å². The molecule has 0 saturated carbocycles. The normalized spacial score (nSPS) is 20.7. The van der Waals surface area contributed by atoms with Crippen LogP contribution in [0.15, 0.2) is 24.3 Å². The first kappa shape index (κ1) is 33.6. The average Bonchev–Trinajstić information content (AvgIpc) is 3.30. The summed E-state index contributed by atoms with van der Waals surface area (Å²) < 4.78 is 5.31. The Morgan fingerprint density at radius 1 is 1.12 bits per heavy atom. The van der Waals surface area contributed by atoms with Gasteiger partial charge in [-0.15, -0.1) is 0 Å². The van der Waals surface area contributed by atoms with Gasteiger partial charge in [0, 0.05) is 19.6 Å². The molecule has 2 aliphatic rings. The fourth-order valence-corrected chi connectivity index (χ4v) is 5.33. The van der Waals surface area contributed by atoms with E-state index in [1.807, 2.05) is 39.0 Å². The number of hydrogen-bond acceptors (Lipinski definition) is 6. The summed E-state index contributed by atoms with van der Waals surface area (Å²) in [5, 5.41) is 8.49. The third kappa shape index (κ3) is 8.44. The molecule has 1 fully saturated rings. The molecule has 4 atom stereocenters. The summed E-state index contributed by atoms with van der Waals surface area (Å²) in [5.74, 6) is -1.29. The van der Waals surface area contributed by atoms with E-state index in [9.17, 15) is 24.0 Å². The summed E-state index contributed by atoms with van der Waals surface area (Å²) in [6, 6.07) is 5.55. The van der Waals surface area contributed by atoms with Gasteiger partial charge in [0.05, 0.1) is 6.04 Å². The summed E-state index contributed by atoms with van der Waals surface area (Å²) in [6.07, 6.45) is 3.93. The smallest absolute Gasteiger partial charge is 0.410 e. The molecule has 0 aromatic heterocycles. The van der Waals surface area contributed by atoms with E-state index in [-0.39, 0.29) is 31.5 Å². The molecule has 1 saturated heterocycles. The number of nitrogens with zero attached hydrogens (tertiary/aromatic N) is 2. The number of likely N-dealkylation sites (N-methyl/N-ethyl adjacent to an activating group) is 1. The Balaban J connectivity index is 0.00000616. The van der Waals surface area contributed by atoms with E-state index < -0.39 is 47.0 Å². The summed E-state index contributed by atoms with van der Waals surface area (Å²) in [7, 11) is 1.44. The molecule has 238 valence electrons. The summed E-state index contributed by atoms with van der Waals surface area (Å²) in [4.78, 5) is 66.6. The van der Waals surface area contributed by atoms with Crippen LogP contribution in [0.4, 0.5) is 4.79 Å². The molecular weight excluding hydrogens is 783 g/mol. The van der Waals surface area contributed by atoms with Crippen molar-refractivity contribution in [2.75, 3.05) is 20.1 Å². The Morgan fingerprint density at radius 3 is 2.40 bits per heavy atom. The predicted octanol–water partition coefficient (Wildman–Crippen LogP) is 2.20. The molecule has 0 bridgehead atoms. The zero-order valence-corrected chi connectivity index (χ0v) is 27.9. The first-order chi connectivity index (χ1) is 19.1. The van der Waals surface area contributed by atoms with E-state index in [1.165, 1.54) is 17.5 Å².